The first-order chi connectivity index (χ1) is 11.9. The second kappa shape index (κ2) is 9.08. The van der Waals surface area contributed by atoms with Gasteiger partial charge in [0.1, 0.15) is 0 Å². The third kappa shape index (κ3) is 5.00. The Morgan fingerprint density at radius 2 is 2.00 bits per heavy atom. The molecule has 1 aliphatic heterocycles. The first kappa shape index (κ1) is 18.8. The maximum Gasteiger partial charge on any atom is 0.0798 e. The molecule has 2 aliphatic rings. The lowest BCUT2D eigenvalue weighted by molar-refractivity contribution is 0.163. The van der Waals surface area contributed by atoms with Crippen molar-refractivity contribution >= 4 is 23.7 Å². The molecule has 1 atom stereocenters. The molecule has 4 rings (SSSR count). The quantitative estimate of drug-likeness (QED) is 0.825. The van der Waals surface area contributed by atoms with Crippen LogP contribution in [0.2, 0.25) is 0 Å². The van der Waals surface area contributed by atoms with Gasteiger partial charge in [-0.3, -0.25) is 9.88 Å². The van der Waals surface area contributed by atoms with Gasteiger partial charge in [0.15, 0.2) is 0 Å². The number of halogens is 1. The molecule has 1 unspecified atom stereocenters. The molecule has 0 spiro atoms. The van der Waals surface area contributed by atoms with E-state index in [1.165, 1.54) is 48.4 Å². The SMILES string of the molecule is Cl.c1ccc(CN(Cc2scnc2C2CC2)C2CCCNCC2)nc1. The van der Waals surface area contributed by atoms with Crippen LogP contribution in [0.3, 0.4) is 0 Å². The summed E-state index contributed by atoms with van der Waals surface area (Å²) in [6, 6.07) is 6.88. The lowest BCUT2D eigenvalue weighted by Crippen LogP contribution is -2.35. The van der Waals surface area contributed by atoms with Gasteiger partial charge in [-0.2, -0.15) is 0 Å². The predicted molar refractivity (Wildman–Crippen MR) is 105 cm³/mol. The minimum Gasteiger partial charge on any atom is -0.317 e. The number of nitrogens with one attached hydrogen (secondary N) is 1. The zero-order valence-electron chi connectivity index (χ0n) is 14.6. The van der Waals surface area contributed by atoms with E-state index in [9.17, 15) is 0 Å². The highest BCUT2D eigenvalue weighted by atomic mass is 35.5. The Kier molecular flexibility index (Phi) is 6.82. The van der Waals surface area contributed by atoms with Crippen LogP contribution in [0.1, 0.15) is 54.3 Å². The van der Waals surface area contributed by atoms with Gasteiger partial charge < -0.3 is 5.32 Å². The number of nitrogens with zero attached hydrogens (tertiary/aromatic N) is 3. The Morgan fingerprint density at radius 1 is 1.08 bits per heavy atom. The van der Waals surface area contributed by atoms with Crippen LogP contribution in [-0.4, -0.2) is 34.0 Å². The van der Waals surface area contributed by atoms with Crippen LogP contribution in [0.15, 0.2) is 29.9 Å². The van der Waals surface area contributed by atoms with E-state index < -0.39 is 0 Å². The molecule has 2 aromatic heterocycles. The first-order valence-corrected chi connectivity index (χ1v) is 10.0. The van der Waals surface area contributed by atoms with Gasteiger partial charge in [0.05, 0.1) is 16.9 Å². The molecule has 2 fully saturated rings. The van der Waals surface area contributed by atoms with Gasteiger partial charge in [0.2, 0.25) is 0 Å². The third-order valence-electron chi connectivity index (χ3n) is 5.14. The summed E-state index contributed by atoms with van der Waals surface area (Å²) in [6.07, 6.45) is 8.32. The number of hydrogen-bond acceptors (Lipinski definition) is 5. The summed E-state index contributed by atoms with van der Waals surface area (Å²) in [6.45, 7) is 4.24. The largest absolute Gasteiger partial charge is 0.317 e. The van der Waals surface area contributed by atoms with Crippen LogP contribution in [0, 0.1) is 0 Å². The van der Waals surface area contributed by atoms with Crippen LogP contribution in [0.25, 0.3) is 0 Å². The summed E-state index contributed by atoms with van der Waals surface area (Å²) in [5.41, 5.74) is 4.58. The van der Waals surface area contributed by atoms with Gasteiger partial charge in [0, 0.05) is 36.1 Å². The highest BCUT2D eigenvalue weighted by molar-refractivity contribution is 7.09. The molecule has 1 saturated heterocycles. The summed E-state index contributed by atoms with van der Waals surface area (Å²) in [4.78, 5) is 13.4. The molecule has 136 valence electrons. The molecule has 3 heterocycles. The molecule has 1 aliphatic carbocycles. The van der Waals surface area contributed by atoms with Crippen LogP contribution in [0.5, 0.6) is 0 Å². The van der Waals surface area contributed by atoms with E-state index in [0.29, 0.717) is 6.04 Å². The van der Waals surface area contributed by atoms with Crippen molar-refractivity contribution in [3.8, 4) is 0 Å². The van der Waals surface area contributed by atoms with Crippen molar-refractivity contribution in [1.82, 2.24) is 20.2 Å². The van der Waals surface area contributed by atoms with E-state index in [1.54, 1.807) is 0 Å². The van der Waals surface area contributed by atoms with E-state index in [2.05, 4.69) is 32.3 Å². The lowest BCUT2D eigenvalue weighted by Gasteiger charge is -2.30. The Hall–Kier alpha value is -1.01. The van der Waals surface area contributed by atoms with Crippen LogP contribution >= 0.6 is 23.7 Å². The molecule has 2 aromatic rings. The molecule has 0 radical (unpaired) electrons. The Bertz CT molecular complexity index is 636. The highest BCUT2D eigenvalue weighted by Gasteiger charge is 2.30. The van der Waals surface area contributed by atoms with Gasteiger partial charge in [-0.25, -0.2) is 4.98 Å². The van der Waals surface area contributed by atoms with E-state index in [4.69, 9.17) is 0 Å². The monoisotopic (exact) mass is 378 g/mol. The number of pyridine rings is 1. The fourth-order valence-electron chi connectivity index (χ4n) is 3.65. The molecule has 0 amide bonds. The topological polar surface area (TPSA) is 41.1 Å². The minimum atomic E-state index is 0. The summed E-state index contributed by atoms with van der Waals surface area (Å²) in [7, 11) is 0. The van der Waals surface area contributed by atoms with Crippen LogP contribution in [0.4, 0.5) is 0 Å². The van der Waals surface area contributed by atoms with Crippen molar-refractivity contribution in [3.05, 3.63) is 46.2 Å². The van der Waals surface area contributed by atoms with Crippen LogP contribution in [-0.2, 0) is 13.1 Å². The molecule has 6 heteroatoms. The summed E-state index contributed by atoms with van der Waals surface area (Å²) in [5, 5.41) is 3.54. The fraction of sp³-hybridized carbons (Fsp3) is 0.579. The second-order valence-corrected chi connectivity index (χ2v) is 7.94. The van der Waals surface area contributed by atoms with Crippen molar-refractivity contribution in [1.29, 1.82) is 0 Å². The van der Waals surface area contributed by atoms with Crippen molar-refractivity contribution in [2.75, 3.05) is 13.1 Å². The van der Waals surface area contributed by atoms with Gasteiger partial charge in [-0.1, -0.05) is 6.07 Å². The standard InChI is InChI=1S/C19H26N4S.ClH/c1-2-10-21-16(4-1)12-23(17-5-3-9-20-11-8-17)13-18-19(15-6-7-15)22-14-24-18;/h1-2,4,10,14-15,17,20H,3,5-9,11-13H2;1H. The first-order valence-electron chi connectivity index (χ1n) is 9.17. The van der Waals surface area contributed by atoms with E-state index in [0.717, 1.165) is 32.1 Å². The lowest BCUT2D eigenvalue weighted by atomic mass is 10.1. The maximum absolute atomic E-state index is 4.67. The predicted octanol–water partition coefficient (Wildman–Crippen LogP) is 3.98. The second-order valence-electron chi connectivity index (χ2n) is 7.00. The molecule has 1 saturated carbocycles. The number of rotatable bonds is 6. The molecule has 0 bridgehead atoms. The summed E-state index contributed by atoms with van der Waals surface area (Å²) >= 11 is 1.84. The van der Waals surface area contributed by atoms with Gasteiger partial charge >= 0.3 is 0 Å². The summed E-state index contributed by atoms with van der Waals surface area (Å²) < 4.78 is 0. The van der Waals surface area contributed by atoms with Crippen LogP contribution < -0.4 is 5.32 Å². The zero-order chi connectivity index (χ0) is 16.2. The third-order valence-corrected chi connectivity index (χ3v) is 5.97. The smallest absolute Gasteiger partial charge is 0.0798 e. The van der Waals surface area contributed by atoms with Gasteiger partial charge in [0.25, 0.3) is 0 Å². The normalized spacial score (nSPS) is 20.9. The molecule has 4 nitrogen and oxygen atoms in total. The Morgan fingerprint density at radius 3 is 2.80 bits per heavy atom. The van der Waals surface area contributed by atoms with Gasteiger partial charge in [-0.15, -0.1) is 23.7 Å². The van der Waals surface area contributed by atoms with E-state index in [-0.39, 0.29) is 12.4 Å². The zero-order valence-corrected chi connectivity index (χ0v) is 16.2. The Balaban J connectivity index is 0.00000182. The molecule has 25 heavy (non-hydrogen) atoms. The number of thiazole rings is 1. The maximum atomic E-state index is 4.67. The number of aromatic nitrogens is 2. The molecule has 0 aromatic carbocycles. The van der Waals surface area contributed by atoms with E-state index in [1.807, 2.05) is 29.1 Å². The molecular formula is C19H27ClN4S. The molecule has 1 N–H and O–H groups in total. The van der Waals surface area contributed by atoms with E-state index >= 15 is 0 Å². The molecular weight excluding hydrogens is 352 g/mol. The fourth-order valence-corrected chi connectivity index (χ4v) is 4.53. The highest BCUT2D eigenvalue weighted by Crippen LogP contribution is 2.42. The van der Waals surface area contributed by atoms with Crippen molar-refractivity contribution < 1.29 is 0 Å². The minimum absolute atomic E-state index is 0. The van der Waals surface area contributed by atoms with Gasteiger partial charge in [-0.05, 0) is 57.3 Å². The van der Waals surface area contributed by atoms with Crippen molar-refractivity contribution in [2.24, 2.45) is 0 Å². The van der Waals surface area contributed by atoms with Crippen molar-refractivity contribution in [2.45, 2.75) is 57.2 Å². The van der Waals surface area contributed by atoms with Crippen molar-refractivity contribution in [3.63, 3.8) is 0 Å². The summed E-state index contributed by atoms with van der Waals surface area (Å²) in [5.74, 6) is 0.735. The average Bonchev–Trinajstić information content (AvgIpc) is 3.40. The average molecular weight is 379 g/mol. The Labute approximate surface area is 160 Å². The number of hydrogen-bond donors (Lipinski definition) is 1.